The Morgan fingerprint density at radius 2 is 1.97 bits per heavy atom. The van der Waals surface area contributed by atoms with E-state index in [4.69, 9.17) is 9.15 Å². The number of phenols is 1. The molecule has 0 saturated carbocycles. The SMILES string of the molecule is Cc1ccc2oc(-c3cc(NC(=O)C4CCCN4C(=O)OCc4ccccc4)ccc3O)nc2c1. The lowest BCUT2D eigenvalue weighted by atomic mass is 10.1. The maximum atomic E-state index is 13.1. The van der Waals surface area contributed by atoms with Gasteiger partial charge in [0.1, 0.15) is 23.9 Å². The fourth-order valence-corrected chi connectivity index (χ4v) is 4.22. The van der Waals surface area contributed by atoms with Gasteiger partial charge in [-0.1, -0.05) is 36.4 Å². The maximum Gasteiger partial charge on any atom is 0.410 e. The van der Waals surface area contributed by atoms with Crippen LogP contribution in [-0.2, 0) is 16.1 Å². The number of aromatic hydroxyl groups is 1. The van der Waals surface area contributed by atoms with Crippen LogP contribution in [0.3, 0.4) is 0 Å². The predicted molar refractivity (Wildman–Crippen MR) is 131 cm³/mol. The summed E-state index contributed by atoms with van der Waals surface area (Å²) in [5, 5.41) is 13.3. The number of aromatic nitrogens is 1. The molecule has 2 heterocycles. The van der Waals surface area contributed by atoms with Gasteiger partial charge in [0.05, 0.1) is 5.56 Å². The average Bonchev–Trinajstić information content (AvgIpc) is 3.51. The molecule has 3 aromatic carbocycles. The van der Waals surface area contributed by atoms with E-state index in [2.05, 4.69) is 10.3 Å². The molecule has 2 N–H and O–H groups in total. The first-order valence-corrected chi connectivity index (χ1v) is 11.5. The number of ether oxygens (including phenoxy) is 1. The van der Waals surface area contributed by atoms with Crippen molar-refractivity contribution >= 4 is 28.8 Å². The second-order valence-electron chi connectivity index (χ2n) is 8.60. The molecular formula is C27H25N3O5. The third kappa shape index (κ3) is 4.82. The molecule has 0 spiro atoms. The van der Waals surface area contributed by atoms with Crippen molar-refractivity contribution in [2.75, 3.05) is 11.9 Å². The van der Waals surface area contributed by atoms with Crippen molar-refractivity contribution in [2.24, 2.45) is 0 Å². The Bertz CT molecular complexity index is 1380. The number of rotatable bonds is 5. The predicted octanol–water partition coefficient (Wildman–Crippen LogP) is 5.25. The summed E-state index contributed by atoms with van der Waals surface area (Å²) < 4.78 is 11.2. The third-order valence-corrected chi connectivity index (χ3v) is 6.03. The highest BCUT2D eigenvalue weighted by atomic mass is 16.6. The number of nitrogens with zero attached hydrogens (tertiary/aromatic N) is 2. The Morgan fingerprint density at radius 1 is 1.14 bits per heavy atom. The Kier molecular flexibility index (Phi) is 6.10. The van der Waals surface area contributed by atoms with Gasteiger partial charge in [-0.3, -0.25) is 9.69 Å². The average molecular weight is 472 g/mol. The molecule has 0 bridgehead atoms. The van der Waals surface area contributed by atoms with E-state index in [-0.39, 0.29) is 24.2 Å². The quantitative estimate of drug-likeness (QED) is 0.385. The normalized spacial score (nSPS) is 15.3. The van der Waals surface area contributed by atoms with Crippen LogP contribution in [0.15, 0.2) is 71.1 Å². The van der Waals surface area contributed by atoms with Crippen molar-refractivity contribution in [1.29, 1.82) is 0 Å². The number of benzene rings is 3. The van der Waals surface area contributed by atoms with Gasteiger partial charge >= 0.3 is 6.09 Å². The molecule has 8 heteroatoms. The van der Waals surface area contributed by atoms with Crippen LogP contribution in [-0.4, -0.2) is 39.6 Å². The molecule has 178 valence electrons. The monoisotopic (exact) mass is 471 g/mol. The molecule has 35 heavy (non-hydrogen) atoms. The summed E-state index contributed by atoms with van der Waals surface area (Å²) >= 11 is 0. The fourth-order valence-electron chi connectivity index (χ4n) is 4.22. The largest absolute Gasteiger partial charge is 0.507 e. The summed E-state index contributed by atoms with van der Waals surface area (Å²) in [6.07, 6.45) is 0.739. The zero-order valence-electron chi connectivity index (χ0n) is 19.2. The molecule has 0 radical (unpaired) electrons. The Balaban J connectivity index is 1.29. The first kappa shape index (κ1) is 22.5. The van der Waals surface area contributed by atoms with Gasteiger partial charge in [0.15, 0.2) is 5.58 Å². The summed E-state index contributed by atoms with van der Waals surface area (Å²) in [5.74, 6) is -0.0755. The van der Waals surface area contributed by atoms with Gasteiger partial charge in [-0.05, 0) is 61.2 Å². The number of phenolic OH excluding ortho intramolecular Hbond substituents is 1. The second kappa shape index (κ2) is 9.50. The molecule has 1 aliphatic rings. The number of likely N-dealkylation sites (tertiary alicyclic amines) is 1. The summed E-state index contributed by atoms with van der Waals surface area (Å²) in [7, 11) is 0. The molecule has 4 aromatic rings. The summed E-state index contributed by atoms with van der Waals surface area (Å²) in [6.45, 7) is 2.57. The van der Waals surface area contributed by atoms with Crippen LogP contribution in [0.25, 0.3) is 22.6 Å². The smallest absolute Gasteiger partial charge is 0.410 e. The summed E-state index contributed by atoms with van der Waals surface area (Å²) in [5.41, 5.74) is 4.05. The van der Waals surface area contributed by atoms with E-state index < -0.39 is 12.1 Å². The standard InChI is InChI=1S/C27H25N3O5/c1-17-9-12-24-21(14-17)29-26(35-24)20-15-19(10-11-23(20)31)28-25(32)22-8-5-13-30(22)27(33)34-16-18-6-3-2-4-7-18/h2-4,6-7,9-12,14-15,22,31H,5,8,13,16H2,1H3,(H,28,32). The topological polar surface area (TPSA) is 105 Å². The minimum absolute atomic E-state index is 0.0155. The van der Waals surface area contributed by atoms with Crippen LogP contribution < -0.4 is 5.32 Å². The molecule has 1 atom stereocenters. The van der Waals surface area contributed by atoms with E-state index in [9.17, 15) is 14.7 Å². The number of oxazole rings is 1. The van der Waals surface area contributed by atoms with E-state index >= 15 is 0 Å². The highest BCUT2D eigenvalue weighted by molar-refractivity contribution is 5.97. The van der Waals surface area contributed by atoms with Gasteiger partial charge in [0, 0.05) is 12.2 Å². The van der Waals surface area contributed by atoms with Crippen LogP contribution in [0.5, 0.6) is 5.75 Å². The Labute approximate surface area is 202 Å². The number of carbonyl (C=O) groups is 2. The molecule has 8 nitrogen and oxygen atoms in total. The summed E-state index contributed by atoms with van der Waals surface area (Å²) in [4.78, 5) is 31.6. The van der Waals surface area contributed by atoms with Gasteiger partial charge in [-0.25, -0.2) is 9.78 Å². The molecule has 1 fully saturated rings. The molecule has 1 unspecified atom stereocenters. The number of amides is 2. The lowest BCUT2D eigenvalue weighted by Gasteiger charge is -2.23. The number of anilines is 1. The van der Waals surface area contributed by atoms with Crippen LogP contribution in [0.1, 0.15) is 24.0 Å². The van der Waals surface area contributed by atoms with Gasteiger partial charge in [0.2, 0.25) is 11.8 Å². The summed E-state index contributed by atoms with van der Waals surface area (Å²) in [6, 6.07) is 19.1. The fraction of sp³-hybridized carbons (Fsp3) is 0.222. The van der Waals surface area contributed by atoms with Gasteiger partial charge in [0.25, 0.3) is 0 Å². The van der Waals surface area contributed by atoms with E-state index in [1.54, 1.807) is 12.1 Å². The Hall–Kier alpha value is -4.33. The van der Waals surface area contributed by atoms with E-state index in [0.717, 1.165) is 11.1 Å². The van der Waals surface area contributed by atoms with E-state index in [1.807, 2.05) is 55.5 Å². The minimum Gasteiger partial charge on any atom is -0.507 e. The maximum absolute atomic E-state index is 13.1. The second-order valence-corrected chi connectivity index (χ2v) is 8.60. The lowest BCUT2D eigenvalue weighted by Crippen LogP contribution is -2.43. The molecule has 1 saturated heterocycles. The third-order valence-electron chi connectivity index (χ3n) is 6.03. The number of aryl methyl sites for hydroxylation is 1. The Morgan fingerprint density at radius 3 is 2.80 bits per heavy atom. The lowest BCUT2D eigenvalue weighted by molar-refractivity contribution is -0.120. The molecule has 1 aliphatic heterocycles. The number of hydrogen-bond donors (Lipinski definition) is 2. The number of fused-ring (bicyclic) bond motifs is 1. The van der Waals surface area contributed by atoms with Crippen LogP contribution in [0, 0.1) is 6.92 Å². The molecule has 0 aliphatic carbocycles. The molecule has 2 amide bonds. The number of carbonyl (C=O) groups excluding carboxylic acids is 2. The van der Waals surface area contributed by atoms with Crippen molar-refractivity contribution in [2.45, 2.75) is 32.4 Å². The van der Waals surface area contributed by atoms with Crippen molar-refractivity contribution in [3.8, 4) is 17.2 Å². The number of hydrogen-bond acceptors (Lipinski definition) is 6. The van der Waals surface area contributed by atoms with E-state index in [1.165, 1.54) is 11.0 Å². The van der Waals surface area contributed by atoms with Crippen molar-refractivity contribution < 1.29 is 23.8 Å². The van der Waals surface area contributed by atoms with Gasteiger partial charge < -0.3 is 19.6 Å². The van der Waals surface area contributed by atoms with Gasteiger partial charge in [-0.15, -0.1) is 0 Å². The van der Waals surface area contributed by atoms with Gasteiger partial charge in [-0.2, -0.15) is 0 Å². The minimum atomic E-state index is -0.636. The van der Waals surface area contributed by atoms with Crippen LogP contribution in [0.4, 0.5) is 10.5 Å². The van der Waals surface area contributed by atoms with E-state index in [0.29, 0.717) is 41.7 Å². The molecule has 1 aromatic heterocycles. The molecule has 5 rings (SSSR count). The van der Waals surface area contributed by atoms with Crippen LogP contribution >= 0.6 is 0 Å². The zero-order chi connectivity index (χ0) is 24.4. The first-order valence-electron chi connectivity index (χ1n) is 11.5. The van der Waals surface area contributed by atoms with Crippen molar-refractivity contribution in [3.05, 3.63) is 77.9 Å². The zero-order valence-corrected chi connectivity index (χ0v) is 19.2. The first-order chi connectivity index (χ1) is 17.0. The highest BCUT2D eigenvalue weighted by Crippen LogP contribution is 2.34. The number of nitrogens with one attached hydrogen (secondary N) is 1. The van der Waals surface area contributed by atoms with Crippen LogP contribution in [0.2, 0.25) is 0 Å². The molecular weight excluding hydrogens is 446 g/mol. The van der Waals surface area contributed by atoms with Crippen molar-refractivity contribution in [3.63, 3.8) is 0 Å². The van der Waals surface area contributed by atoms with Crippen molar-refractivity contribution in [1.82, 2.24) is 9.88 Å². The highest BCUT2D eigenvalue weighted by Gasteiger charge is 2.35.